The zero-order valence-electron chi connectivity index (χ0n) is 14.7. The van der Waals surface area contributed by atoms with Crippen LogP contribution >= 0.6 is 11.6 Å². The second kappa shape index (κ2) is 8.65. The van der Waals surface area contributed by atoms with E-state index in [1.54, 1.807) is 12.1 Å². The van der Waals surface area contributed by atoms with E-state index >= 15 is 0 Å². The zero-order chi connectivity index (χ0) is 19.4. The Morgan fingerprint density at radius 2 is 1.70 bits per heavy atom. The number of hydrogen-bond acceptors (Lipinski definition) is 3. The van der Waals surface area contributed by atoms with Gasteiger partial charge in [-0.15, -0.1) is 0 Å². The molecule has 0 amide bonds. The van der Waals surface area contributed by atoms with Gasteiger partial charge < -0.3 is 0 Å². The van der Waals surface area contributed by atoms with Crippen LogP contribution in [0.4, 0.5) is 8.78 Å². The van der Waals surface area contributed by atoms with Gasteiger partial charge in [-0.1, -0.05) is 35.9 Å². The Labute approximate surface area is 163 Å². The van der Waals surface area contributed by atoms with E-state index in [1.807, 2.05) is 4.90 Å². The highest BCUT2D eigenvalue weighted by atomic mass is 35.5. The fourth-order valence-corrected chi connectivity index (χ4v) is 4.82. The summed E-state index contributed by atoms with van der Waals surface area (Å²) in [5, 5.41) is 0.264. The van der Waals surface area contributed by atoms with Crippen LogP contribution in [-0.4, -0.2) is 33.0 Å². The monoisotopic (exact) mass is 414 g/mol. The van der Waals surface area contributed by atoms with Crippen LogP contribution in [0, 0.1) is 11.6 Å². The molecule has 1 fully saturated rings. The molecule has 0 aliphatic carbocycles. The molecule has 1 heterocycles. The Bertz CT molecular complexity index is 882. The largest absolute Gasteiger partial charge is 0.295 e. The standard InChI is InChI=1S/C19H21ClF2N2O2S/c20-15-7-5-9-17(22)19(15)18(24-10-3-4-11-24)12-23-27(25,26)13-14-6-1-2-8-16(14)21/h1-2,5-9,18,23H,3-4,10-13H2. The number of likely N-dealkylation sites (tertiary alicyclic amines) is 1. The van der Waals surface area contributed by atoms with Crippen LogP contribution in [0.2, 0.25) is 5.02 Å². The molecule has 0 radical (unpaired) electrons. The van der Waals surface area contributed by atoms with Crippen LogP contribution in [-0.2, 0) is 15.8 Å². The lowest BCUT2D eigenvalue weighted by Gasteiger charge is -2.29. The molecule has 2 aromatic rings. The van der Waals surface area contributed by atoms with Gasteiger partial charge in [0, 0.05) is 22.7 Å². The Hall–Kier alpha value is -1.54. The SMILES string of the molecule is O=S(=O)(Cc1ccccc1F)NCC(c1c(F)cccc1Cl)N1CCCC1. The van der Waals surface area contributed by atoms with E-state index < -0.39 is 33.5 Å². The molecule has 0 bridgehead atoms. The Balaban J connectivity index is 1.79. The number of rotatable bonds is 7. The highest BCUT2D eigenvalue weighted by molar-refractivity contribution is 7.88. The summed E-state index contributed by atoms with van der Waals surface area (Å²) in [7, 11) is -3.80. The summed E-state index contributed by atoms with van der Waals surface area (Å²) in [6.45, 7) is 1.45. The van der Waals surface area contributed by atoms with Crippen LogP contribution in [0.3, 0.4) is 0 Å². The summed E-state index contributed by atoms with van der Waals surface area (Å²) in [6, 6.07) is 9.65. The molecule has 0 spiro atoms. The van der Waals surface area contributed by atoms with Gasteiger partial charge in [0.15, 0.2) is 0 Å². The Morgan fingerprint density at radius 1 is 1.04 bits per heavy atom. The molecule has 27 heavy (non-hydrogen) atoms. The van der Waals surface area contributed by atoms with E-state index in [0.717, 1.165) is 25.9 Å². The topological polar surface area (TPSA) is 49.4 Å². The molecule has 1 atom stereocenters. The lowest BCUT2D eigenvalue weighted by molar-refractivity contribution is 0.241. The van der Waals surface area contributed by atoms with Gasteiger partial charge in [-0.2, -0.15) is 0 Å². The zero-order valence-corrected chi connectivity index (χ0v) is 16.2. The Morgan fingerprint density at radius 3 is 2.37 bits per heavy atom. The van der Waals surface area contributed by atoms with Gasteiger partial charge in [0.2, 0.25) is 10.0 Å². The second-order valence-corrected chi connectivity index (χ2v) is 8.81. The summed E-state index contributed by atoms with van der Waals surface area (Å²) in [5.41, 5.74) is 0.376. The molecule has 1 N–H and O–H groups in total. The maximum Gasteiger partial charge on any atom is 0.215 e. The predicted molar refractivity (Wildman–Crippen MR) is 102 cm³/mol. The van der Waals surface area contributed by atoms with Gasteiger partial charge >= 0.3 is 0 Å². The highest BCUT2D eigenvalue weighted by Gasteiger charge is 2.29. The maximum absolute atomic E-state index is 14.4. The number of hydrogen-bond donors (Lipinski definition) is 1. The van der Waals surface area contributed by atoms with Gasteiger partial charge in [0.05, 0.1) is 11.8 Å². The molecule has 0 saturated carbocycles. The summed E-state index contributed by atoms with van der Waals surface area (Å²) in [4.78, 5) is 2.02. The highest BCUT2D eigenvalue weighted by Crippen LogP contribution is 2.32. The number of sulfonamides is 1. The number of nitrogens with one attached hydrogen (secondary N) is 1. The summed E-state index contributed by atoms with van der Waals surface area (Å²) >= 11 is 6.21. The average Bonchev–Trinajstić information content (AvgIpc) is 3.13. The molecule has 1 unspecified atom stereocenters. The molecule has 1 saturated heterocycles. The lowest BCUT2D eigenvalue weighted by Crippen LogP contribution is -2.38. The van der Waals surface area contributed by atoms with Gasteiger partial charge in [-0.25, -0.2) is 21.9 Å². The van der Waals surface area contributed by atoms with Crippen LogP contribution in [0.5, 0.6) is 0 Å². The van der Waals surface area contributed by atoms with Crippen molar-refractivity contribution >= 4 is 21.6 Å². The Kier molecular flexibility index (Phi) is 6.47. The smallest absolute Gasteiger partial charge is 0.215 e. The first-order valence-corrected chi connectivity index (χ1v) is 10.8. The molecule has 0 aromatic heterocycles. The van der Waals surface area contributed by atoms with Crippen molar-refractivity contribution in [2.45, 2.75) is 24.6 Å². The number of nitrogens with zero attached hydrogens (tertiary/aromatic N) is 1. The van der Waals surface area contributed by atoms with E-state index in [-0.39, 0.29) is 22.7 Å². The van der Waals surface area contributed by atoms with E-state index in [2.05, 4.69) is 4.72 Å². The van der Waals surface area contributed by atoms with Crippen LogP contribution in [0.1, 0.15) is 30.0 Å². The van der Waals surface area contributed by atoms with Crippen LogP contribution in [0.25, 0.3) is 0 Å². The van der Waals surface area contributed by atoms with Gasteiger partial charge in [0.25, 0.3) is 0 Å². The molecule has 2 aromatic carbocycles. The van der Waals surface area contributed by atoms with Crippen molar-refractivity contribution in [1.82, 2.24) is 9.62 Å². The first-order valence-electron chi connectivity index (χ1n) is 8.76. The molecular formula is C19H21ClF2N2O2S. The van der Waals surface area contributed by atoms with E-state index in [9.17, 15) is 17.2 Å². The van der Waals surface area contributed by atoms with E-state index in [1.165, 1.54) is 30.3 Å². The van der Waals surface area contributed by atoms with Crippen molar-refractivity contribution in [2.75, 3.05) is 19.6 Å². The normalized spacial score (nSPS) is 16.6. The fraction of sp³-hybridized carbons (Fsp3) is 0.368. The minimum Gasteiger partial charge on any atom is -0.295 e. The van der Waals surface area contributed by atoms with Gasteiger partial charge in [-0.05, 0) is 44.1 Å². The first kappa shape index (κ1) is 20.2. The van der Waals surface area contributed by atoms with Crippen LogP contribution < -0.4 is 4.72 Å². The van der Waals surface area contributed by atoms with Crippen molar-refractivity contribution in [1.29, 1.82) is 0 Å². The van der Waals surface area contributed by atoms with Crippen molar-refractivity contribution in [3.05, 3.63) is 70.2 Å². The second-order valence-electron chi connectivity index (χ2n) is 6.59. The molecule has 4 nitrogen and oxygen atoms in total. The molecular weight excluding hydrogens is 394 g/mol. The maximum atomic E-state index is 14.4. The van der Waals surface area contributed by atoms with Crippen molar-refractivity contribution in [3.8, 4) is 0 Å². The summed E-state index contributed by atoms with van der Waals surface area (Å²) in [6.07, 6.45) is 1.93. The number of benzene rings is 2. The summed E-state index contributed by atoms with van der Waals surface area (Å²) < 4.78 is 55.6. The molecule has 146 valence electrons. The predicted octanol–water partition coefficient (Wildman–Crippen LogP) is 3.87. The van der Waals surface area contributed by atoms with Crippen molar-refractivity contribution in [3.63, 3.8) is 0 Å². The quantitative estimate of drug-likeness (QED) is 0.748. The number of halogens is 3. The van der Waals surface area contributed by atoms with Crippen molar-refractivity contribution < 1.29 is 17.2 Å². The summed E-state index contributed by atoms with van der Waals surface area (Å²) in [5.74, 6) is -1.51. The van der Waals surface area contributed by atoms with Crippen LogP contribution in [0.15, 0.2) is 42.5 Å². The van der Waals surface area contributed by atoms with E-state index in [4.69, 9.17) is 11.6 Å². The third-order valence-electron chi connectivity index (χ3n) is 4.71. The third-order valence-corrected chi connectivity index (χ3v) is 6.34. The third kappa shape index (κ3) is 5.04. The molecule has 1 aliphatic heterocycles. The minimum absolute atomic E-state index is 0.0303. The molecule has 3 rings (SSSR count). The lowest BCUT2D eigenvalue weighted by atomic mass is 10.0. The average molecular weight is 415 g/mol. The molecule has 1 aliphatic rings. The van der Waals surface area contributed by atoms with Gasteiger partial charge in [0.1, 0.15) is 11.6 Å². The fourth-order valence-electron chi connectivity index (χ4n) is 3.37. The van der Waals surface area contributed by atoms with Gasteiger partial charge in [-0.3, -0.25) is 4.90 Å². The minimum atomic E-state index is -3.80. The first-order chi connectivity index (χ1) is 12.9. The van der Waals surface area contributed by atoms with Crippen molar-refractivity contribution in [2.24, 2.45) is 0 Å². The van der Waals surface area contributed by atoms with E-state index in [0.29, 0.717) is 0 Å². The molecule has 8 heteroatoms.